The summed E-state index contributed by atoms with van der Waals surface area (Å²) in [4.78, 5) is 4.79. The Labute approximate surface area is 156 Å². The standard InChI is InChI=1S/C20H19N3O.BrH/c21-18-15-6-2-4-8-17(15)23-13-14-5-1-3-7-16(14)20(19(23)22-18)9-11-24-12-10-20;/h1-8,21H,9-13H2;1H. The molecule has 3 heterocycles. The predicted molar refractivity (Wildman–Crippen MR) is 102 cm³/mol. The normalized spacial score (nSPS) is 17.6. The Bertz CT molecular complexity index is 1010. The molecule has 1 spiro atoms. The summed E-state index contributed by atoms with van der Waals surface area (Å²) < 4.78 is 7.98. The van der Waals surface area contributed by atoms with Crippen LogP contribution in [0.1, 0.15) is 29.8 Å². The van der Waals surface area contributed by atoms with E-state index in [0.717, 1.165) is 49.3 Å². The average Bonchev–Trinajstić information content (AvgIpc) is 2.64. The number of nitrogens with one attached hydrogen (secondary N) is 1. The fraction of sp³-hybridized carbons (Fsp3) is 0.300. The molecule has 128 valence electrons. The highest BCUT2D eigenvalue weighted by molar-refractivity contribution is 8.93. The highest BCUT2D eigenvalue weighted by Gasteiger charge is 2.43. The van der Waals surface area contributed by atoms with Crippen molar-refractivity contribution in [2.24, 2.45) is 0 Å². The Morgan fingerprint density at radius 1 is 1.00 bits per heavy atom. The topological polar surface area (TPSA) is 50.9 Å². The Morgan fingerprint density at radius 3 is 2.56 bits per heavy atom. The fourth-order valence-electron chi connectivity index (χ4n) is 4.40. The lowest BCUT2D eigenvalue weighted by atomic mass is 9.70. The third kappa shape index (κ3) is 2.29. The lowest BCUT2D eigenvalue weighted by Crippen LogP contribution is -2.43. The van der Waals surface area contributed by atoms with Gasteiger partial charge in [-0.25, -0.2) is 4.98 Å². The molecule has 3 aromatic rings. The summed E-state index contributed by atoms with van der Waals surface area (Å²) in [6.45, 7) is 2.31. The van der Waals surface area contributed by atoms with Gasteiger partial charge < -0.3 is 9.30 Å². The summed E-state index contributed by atoms with van der Waals surface area (Å²) in [5.41, 5.74) is 4.08. The van der Waals surface area contributed by atoms with Crippen molar-refractivity contribution in [1.82, 2.24) is 9.55 Å². The quantitative estimate of drug-likeness (QED) is 0.630. The summed E-state index contributed by atoms with van der Waals surface area (Å²) in [6.07, 6.45) is 1.85. The minimum absolute atomic E-state index is 0. The van der Waals surface area contributed by atoms with E-state index in [9.17, 15) is 0 Å². The van der Waals surface area contributed by atoms with Crippen molar-refractivity contribution < 1.29 is 4.74 Å². The van der Waals surface area contributed by atoms with Crippen molar-refractivity contribution >= 4 is 27.9 Å². The molecule has 1 saturated heterocycles. The lowest BCUT2D eigenvalue weighted by Gasteiger charge is -2.43. The van der Waals surface area contributed by atoms with E-state index >= 15 is 0 Å². The van der Waals surface area contributed by atoms with Gasteiger partial charge in [-0.05, 0) is 36.1 Å². The highest BCUT2D eigenvalue weighted by Crippen LogP contribution is 2.45. The van der Waals surface area contributed by atoms with Crippen molar-refractivity contribution in [3.05, 3.63) is 71.0 Å². The number of rotatable bonds is 0. The number of nitrogens with zero attached hydrogens (tertiary/aromatic N) is 2. The molecule has 5 rings (SSSR count). The van der Waals surface area contributed by atoms with E-state index in [2.05, 4.69) is 34.9 Å². The largest absolute Gasteiger partial charge is 0.381 e. The molecule has 1 fully saturated rings. The molecule has 0 aliphatic carbocycles. The third-order valence-corrected chi connectivity index (χ3v) is 5.56. The van der Waals surface area contributed by atoms with Crippen LogP contribution in [0.15, 0.2) is 48.5 Å². The van der Waals surface area contributed by atoms with Gasteiger partial charge in [0.05, 0.1) is 10.9 Å². The highest BCUT2D eigenvalue weighted by atomic mass is 79.9. The summed E-state index contributed by atoms with van der Waals surface area (Å²) >= 11 is 0. The van der Waals surface area contributed by atoms with Crippen molar-refractivity contribution in [3.63, 3.8) is 0 Å². The zero-order valence-corrected chi connectivity index (χ0v) is 15.6. The molecule has 0 bridgehead atoms. The first-order valence-corrected chi connectivity index (χ1v) is 8.50. The van der Waals surface area contributed by atoms with E-state index in [0.29, 0.717) is 5.49 Å². The zero-order valence-electron chi connectivity index (χ0n) is 13.9. The Kier molecular flexibility index (Phi) is 4.01. The predicted octanol–water partition coefficient (Wildman–Crippen LogP) is 3.55. The van der Waals surface area contributed by atoms with Gasteiger partial charge in [0, 0.05) is 25.1 Å². The van der Waals surface area contributed by atoms with Crippen molar-refractivity contribution in [2.75, 3.05) is 13.2 Å². The molecule has 0 amide bonds. The molecule has 0 atom stereocenters. The molecule has 25 heavy (non-hydrogen) atoms. The minimum Gasteiger partial charge on any atom is -0.381 e. The number of halogens is 1. The van der Waals surface area contributed by atoms with E-state index in [1.165, 1.54) is 11.1 Å². The smallest absolute Gasteiger partial charge is 0.156 e. The first kappa shape index (κ1) is 16.5. The van der Waals surface area contributed by atoms with Gasteiger partial charge in [0.15, 0.2) is 5.49 Å². The van der Waals surface area contributed by atoms with Gasteiger partial charge in [-0.2, -0.15) is 0 Å². The number of fused-ring (bicyclic) bond motifs is 6. The number of para-hydroxylation sites is 1. The van der Waals surface area contributed by atoms with Crippen LogP contribution in [-0.2, 0) is 16.7 Å². The fourth-order valence-corrected chi connectivity index (χ4v) is 4.40. The van der Waals surface area contributed by atoms with E-state index < -0.39 is 0 Å². The second-order valence-corrected chi connectivity index (χ2v) is 6.74. The van der Waals surface area contributed by atoms with Crippen LogP contribution >= 0.6 is 17.0 Å². The van der Waals surface area contributed by atoms with Crippen LogP contribution in [0.3, 0.4) is 0 Å². The Hall–Kier alpha value is -1.98. The number of benzene rings is 2. The molecule has 0 unspecified atom stereocenters. The molecular formula is C20H20BrN3O. The van der Waals surface area contributed by atoms with E-state index in [-0.39, 0.29) is 22.4 Å². The molecule has 2 aliphatic heterocycles. The molecular weight excluding hydrogens is 378 g/mol. The second-order valence-electron chi connectivity index (χ2n) is 6.74. The van der Waals surface area contributed by atoms with Gasteiger partial charge in [-0.3, -0.25) is 5.41 Å². The van der Waals surface area contributed by atoms with E-state index in [4.69, 9.17) is 15.1 Å². The van der Waals surface area contributed by atoms with Crippen LogP contribution in [0.25, 0.3) is 10.9 Å². The molecule has 2 aliphatic rings. The molecule has 0 radical (unpaired) electrons. The summed E-state index contributed by atoms with van der Waals surface area (Å²) in [5.74, 6) is 1.04. The minimum atomic E-state index is -0.132. The number of aromatic nitrogens is 2. The molecule has 1 N–H and O–H groups in total. The second kappa shape index (κ2) is 6.07. The van der Waals surface area contributed by atoms with Gasteiger partial charge in [0.2, 0.25) is 0 Å². The van der Waals surface area contributed by atoms with Crippen LogP contribution in [-0.4, -0.2) is 22.8 Å². The van der Waals surface area contributed by atoms with Crippen LogP contribution in [0.4, 0.5) is 0 Å². The first-order chi connectivity index (χ1) is 11.8. The molecule has 1 aromatic heterocycles. The SMILES string of the molecule is Br.N=c1nc2n(c3ccccc13)Cc1ccccc1C21CCOCC1. The molecule has 5 heteroatoms. The van der Waals surface area contributed by atoms with Crippen LogP contribution in [0.2, 0.25) is 0 Å². The van der Waals surface area contributed by atoms with Gasteiger partial charge in [-0.15, -0.1) is 17.0 Å². The monoisotopic (exact) mass is 397 g/mol. The molecule has 2 aromatic carbocycles. The summed E-state index contributed by atoms with van der Waals surface area (Å²) in [5, 5.41) is 9.35. The third-order valence-electron chi connectivity index (χ3n) is 5.56. The Morgan fingerprint density at radius 2 is 1.72 bits per heavy atom. The van der Waals surface area contributed by atoms with Crippen molar-refractivity contribution in [1.29, 1.82) is 5.41 Å². The molecule has 4 nitrogen and oxygen atoms in total. The van der Waals surface area contributed by atoms with Crippen LogP contribution in [0.5, 0.6) is 0 Å². The first-order valence-electron chi connectivity index (χ1n) is 8.50. The van der Waals surface area contributed by atoms with E-state index in [1.807, 2.05) is 18.2 Å². The van der Waals surface area contributed by atoms with Gasteiger partial charge in [0.1, 0.15) is 5.82 Å². The van der Waals surface area contributed by atoms with Crippen LogP contribution < -0.4 is 5.49 Å². The van der Waals surface area contributed by atoms with E-state index in [1.54, 1.807) is 0 Å². The zero-order chi connectivity index (χ0) is 16.1. The van der Waals surface area contributed by atoms with Gasteiger partial charge >= 0.3 is 0 Å². The maximum absolute atomic E-state index is 8.43. The van der Waals surface area contributed by atoms with Crippen molar-refractivity contribution in [2.45, 2.75) is 24.8 Å². The summed E-state index contributed by atoms with van der Waals surface area (Å²) in [7, 11) is 0. The molecule has 0 saturated carbocycles. The maximum atomic E-state index is 8.43. The van der Waals surface area contributed by atoms with Crippen LogP contribution in [0, 0.1) is 5.41 Å². The number of hydrogen-bond acceptors (Lipinski definition) is 3. The van der Waals surface area contributed by atoms with Gasteiger partial charge in [-0.1, -0.05) is 36.4 Å². The summed E-state index contributed by atoms with van der Waals surface area (Å²) in [6, 6.07) is 16.8. The Balaban J connectivity index is 0.00000157. The lowest BCUT2D eigenvalue weighted by molar-refractivity contribution is 0.0574. The number of ether oxygens (including phenoxy) is 1. The van der Waals surface area contributed by atoms with Crippen molar-refractivity contribution in [3.8, 4) is 0 Å². The number of hydrogen-bond donors (Lipinski definition) is 1. The van der Waals surface area contributed by atoms with Gasteiger partial charge in [0.25, 0.3) is 0 Å². The average molecular weight is 398 g/mol. The maximum Gasteiger partial charge on any atom is 0.156 e.